The minimum Gasteiger partial charge on any atom is -0.508 e. The van der Waals surface area contributed by atoms with Gasteiger partial charge in [-0.3, -0.25) is 24.0 Å². The third-order valence-electron chi connectivity index (χ3n) is 4.98. The van der Waals surface area contributed by atoms with E-state index in [0.29, 0.717) is 11.3 Å². The van der Waals surface area contributed by atoms with E-state index in [0.717, 1.165) is 0 Å². The summed E-state index contributed by atoms with van der Waals surface area (Å²) in [6, 6.07) is -0.541. The molecule has 1 aromatic rings. The Morgan fingerprint density at radius 1 is 0.811 bits per heavy atom. The van der Waals surface area contributed by atoms with E-state index in [1.807, 2.05) is 0 Å². The first-order valence-electron chi connectivity index (χ1n) is 10.9. The fraction of sp³-hybridized carbons (Fsp3) is 0.455. The SMILES string of the molecule is CSCCC(N)C(=O)NC(CC(=O)O)C(=O)NC(CC(=O)O)C(=O)NC(Cc1ccc(O)cc1)C(=O)O. The van der Waals surface area contributed by atoms with Gasteiger partial charge in [-0.25, -0.2) is 4.79 Å². The van der Waals surface area contributed by atoms with Crippen LogP contribution in [0.2, 0.25) is 0 Å². The molecule has 14 nitrogen and oxygen atoms in total. The van der Waals surface area contributed by atoms with Crippen molar-refractivity contribution in [2.24, 2.45) is 5.73 Å². The number of phenolic OH excluding ortho intramolecular Hbond substituents is 1. The largest absolute Gasteiger partial charge is 0.508 e. The van der Waals surface area contributed by atoms with Gasteiger partial charge in [0.2, 0.25) is 17.7 Å². The van der Waals surface area contributed by atoms with Crippen molar-refractivity contribution < 1.29 is 49.2 Å². The molecule has 0 radical (unpaired) electrons. The Hall–Kier alpha value is -3.85. The Bertz CT molecular complexity index is 988. The maximum atomic E-state index is 12.7. The molecule has 37 heavy (non-hydrogen) atoms. The molecule has 0 fully saturated rings. The van der Waals surface area contributed by atoms with E-state index >= 15 is 0 Å². The van der Waals surface area contributed by atoms with E-state index in [9.17, 15) is 44.1 Å². The van der Waals surface area contributed by atoms with Crippen LogP contribution in [0, 0.1) is 0 Å². The van der Waals surface area contributed by atoms with E-state index in [1.54, 1.807) is 6.26 Å². The summed E-state index contributed by atoms with van der Waals surface area (Å²) in [6.07, 6.45) is -0.0216. The van der Waals surface area contributed by atoms with Gasteiger partial charge in [-0.05, 0) is 36.1 Å². The molecule has 4 atom stereocenters. The van der Waals surface area contributed by atoms with Crippen molar-refractivity contribution >= 4 is 47.4 Å². The highest BCUT2D eigenvalue weighted by Crippen LogP contribution is 2.12. The van der Waals surface area contributed by atoms with Crippen LogP contribution < -0.4 is 21.7 Å². The Morgan fingerprint density at radius 2 is 1.27 bits per heavy atom. The van der Waals surface area contributed by atoms with Crippen LogP contribution in [-0.2, 0) is 35.2 Å². The van der Waals surface area contributed by atoms with Crippen molar-refractivity contribution in [3.05, 3.63) is 29.8 Å². The lowest BCUT2D eigenvalue weighted by atomic mass is 10.0. The van der Waals surface area contributed by atoms with Gasteiger partial charge in [-0.2, -0.15) is 11.8 Å². The Kier molecular flexibility index (Phi) is 12.9. The molecule has 0 aliphatic carbocycles. The Labute approximate surface area is 216 Å². The van der Waals surface area contributed by atoms with Crippen LogP contribution in [0.15, 0.2) is 24.3 Å². The van der Waals surface area contributed by atoms with Gasteiger partial charge in [0.1, 0.15) is 23.9 Å². The molecular formula is C22H30N4O10S. The molecule has 0 saturated heterocycles. The summed E-state index contributed by atoms with van der Waals surface area (Å²) >= 11 is 1.42. The van der Waals surface area contributed by atoms with Crippen LogP contribution in [0.25, 0.3) is 0 Å². The predicted octanol–water partition coefficient (Wildman–Crippen LogP) is -1.50. The van der Waals surface area contributed by atoms with Gasteiger partial charge in [0.05, 0.1) is 18.9 Å². The van der Waals surface area contributed by atoms with Crippen molar-refractivity contribution in [2.45, 2.75) is 49.9 Å². The predicted molar refractivity (Wildman–Crippen MR) is 131 cm³/mol. The number of hydrogen-bond donors (Lipinski definition) is 8. The summed E-state index contributed by atoms with van der Waals surface area (Å²) < 4.78 is 0. The summed E-state index contributed by atoms with van der Waals surface area (Å²) in [5.74, 6) is -7.08. The summed E-state index contributed by atoms with van der Waals surface area (Å²) in [5.41, 5.74) is 6.17. The molecule has 204 valence electrons. The number of rotatable bonds is 16. The van der Waals surface area contributed by atoms with Crippen LogP contribution in [0.4, 0.5) is 0 Å². The number of carboxylic acid groups (broad SMARTS) is 3. The molecule has 0 aromatic heterocycles. The number of aliphatic carboxylic acids is 3. The van der Waals surface area contributed by atoms with E-state index < -0.39 is 72.6 Å². The number of hydrogen-bond acceptors (Lipinski definition) is 9. The fourth-order valence-corrected chi connectivity index (χ4v) is 3.52. The van der Waals surface area contributed by atoms with E-state index in [2.05, 4.69) is 16.0 Å². The smallest absolute Gasteiger partial charge is 0.326 e. The molecule has 0 aliphatic heterocycles. The molecule has 0 saturated carbocycles. The van der Waals surface area contributed by atoms with Crippen molar-refractivity contribution in [3.63, 3.8) is 0 Å². The monoisotopic (exact) mass is 542 g/mol. The van der Waals surface area contributed by atoms with Crippen molar-refractivity contribution in [1.29, 1.82) is 0 Å². The molecule has 9 N–H and O–H groups in total. The summed E-state index contributed by atoms with van der Waals surface area (Å²) in [5, 5.41) is 43.6. The lowest BCUT2D eigenvalue weighted by Crippen LogP contribution is -2.58. The molecule has 15 heteroatoms. The normalized spacial score (nSPS) is 13.9. The van der Waals surface area contributed by atoms with E-state index in [4.69, 9.17) is 10.8 Å². The molecule has 3 amide bonds. The summed E-state index contributed by atoms with van der Waals surface area (Å²) in [6.45, 7) is 0. The number of thioether (sulfide) groups is 1. The van der Waals surface area contributed by atoms with Crippen LogP contribution in [0.1, 0.15) is 24.8 Å². The van der Waals surface area contributed by atoms with Crippen molar-refractivity contribution in [3.8, 4) is 5.75 Å². The highest BCUT2D eigenvalue weighted by Gasteiger charge is 2.32. The van der Waals surface area contributed by atoms with Crippen LogP contribution in [0.3, 0.4) is 0 Å². The first kappa shape index (κ1) is 31.2. The first-order valence-corrected chi connectivity index (χ1v) is 12.3. The Balaban J connectivity index is 3.01. The number of carbonyl (C=O) groups excluding carboxylic acids is 3. The van der Waals surface area contributed by atoms with Gasteiger partial charge in [0.25, 0.3) is 0 Å². The molecule has 0 spiro atoms. The number of nitrogens with two attached hydrogens (primary N) is 1. The molecule has 4 unspecified atom stereocenters. The van der Waals surface area contributed by atoms with Gasteiger partial charge in [0.15, 0.2) is 0 Å². The second-order valence-electron chi connectivity index (χ2n) is 7.98. The number of benzene rings is 1. The Morgan fingerprint density at radius 3 is 1.70 bits per heavy atom. The standard InChI is InChI=1S/C22H30N4O10S/c1-37-7-6-13(23)19(32)24-14(9-17(28)29)20(33)25-15(10-18(30)31)21(34)26-16(22(35)36)8-11-2-4-12(27)5-3-11/h2-5,13-16,27H,6-10,23H2,1H3,(H,24,32)(H,25,33)(H,26,34)(H,28,29)(H,30,31)(H,35,36). The van der Waals surface area contributed by atoms with Gasteiger partial charge >= 0.3 is 17.9 Å². The zero-order valence-corrected chi connectivity index (χ0v) is 20.7. The van der Waals surface area contributed by atoms with Gasteiger partial charge in [0, 0.05) is 6.42 Å². The quantitative estimate of drug-likeness (QED) is 0.119. The van der Waals surface area contributed by atoms with E-state index in [1.165, 1.54) is 36.0 Å². The average molecular weight is 543 g/mol. The second-order valence-corrected chi connectivity index (χ2v) is 8.96. The molecule has 0 heterocycles. The third-order valence-corrected chi connectivity index (χ3v) is 5.63. The number of carboxylic acids is 3. The first-order chi connectivity index (χ1) is 17.3. The number of carbonyl (C=O) groups is 6. The lowest BCUT2D eigenvalue weighted by molar-refractivity contribution is -0.145. The zero-order valence-electron chi connectivity index (χ0n) is 19.9. The van der Waals surface area contributed by atoms with E-state index in [-0.39, 0.29) is 18.6 Å². The second kappa shape index (κ2) is 15.3. The van der Waals surface area contributed by atoms with Crippen LogP contribution in [0.5, 0.6) is 5.75 Å². The highest BCUT2D eigenvalue weighted by molar-refractivity contribution is 7.98. The third kappa shape index (κ3) is 11.6. The number of amides is 3. The highest BCUT2D eigenvalue weighted by atomic mass is 32.2. The van der Waals surface area contributed by atoms with Crippen molar-refractivity contribution in [1.82, 2.24) is 16.0 Å². The molecule has 1 aromatic carbocycles. The average Bonchev–Trinajstić information content (AvgIpc) is 2.81. The number of phenols is 1. The number of nitrogens with one attached hydrogen (secondary N) is 3. The maximum absolute atomic E-state index is 12.7. The zero-order chi connectivity index (χ0) is 28.1. The minimum absolute atomic E-state index is 0.0582. The molecule has 1 rings (SSSR count). The fourth-order valence-electron chi connectivity index (χ4n) is 3.03. The van der Waals surface area contributed by atoms with Crippen LogP contribution >= 0.6 is 11.8 Å². The maximum Gasteiger partial charge on any atom is 0.326 e. The van der Waals surface area contributed by atoms with Gasteiger partial charge in [-0.15, -0.1) is 0 Å². The minimum atomic E-state index is -1.79. The molecule has 0 bridgehead atoms. The van der Waals surface area contributed by atoms with Crippen molar-refractivity contribution in [2.75, 3.05) is 12.0 Å². The van der Waals surface area contributed by atoms with Gasteiger partial charge in [-0.1, -0.05) is 12.1 Å². The van der Waals surface area contributed by atoms with Gasteiger partial charge < -0.3 is 42.1 Å². The topological polar surface area (TPSA) is 245 Å². The van der Waals surface area contributed by atoms with Crippen LogP contribution in [-0.4, -0.2) is 92.2 Å². The lowest BCUT2D eigenvalue weighted by Gasteiger charge is -2.24. The molecule has 0 aliphatic rings. The molecular weight excluding hydrogens is 512 g/mol. The summed E-state index contributed by atoms with van der Waals surface area (Å²) in [7, 11) is 0. The number of aromatic hydroxyl groups is 1. The summed E-state index contributed by atoms with van der Waals surface area (Å²) in [4.78, 5) is 72.0.